The van der Waals surface area contributed by atoms with E-state index in [1.165, 1.54) is 6.33 Å². The standard InChI is InChI=1S/C21H29ClN4O3Si/c1-15(12-27-2)29-16-6-7-18-17(10-16)21(19-11-20(22)24-13-23-19)26(25-18)14-28-8-9-30(3,4)5/h6-7,10-11,13,15H,8-9,12,14H2,1-5H3/t15-/m0/s1. The van der Waals surface area contributed by atoms with Gasteiger partial charge in [-0.1, -0.05) is 31.2 Å². The first-order valence-corrected chi connectivity index (χ1v) is 14.1. The Kier molecular flexibility index (Phi) is 7.46. The topological polar surface area (TPSA) is 71.3 Å². The molecule has 0 spiro atoms. The molecule has 2 aromatic heterocycles. The number of nitrogens with zero attached hydrogens (tertiary/aromatic N) is 4. The van der Waals surface area contributed by atoms with E-state index in [4.69, 9.17) is 30.9 Å². The minimum absolute atomic E-state index is 0.0654. The summed E-state index contributed by atoms with van der Waals surface area (Å²) in [6, 6.07) is 8.65. The van der Waals surface area contributed by atoms with Gasteiger partial charge in [-0.3, -0.25) is 0 Å². The molecule has 0 saturated carbocycles. The Morgan fingerprint density at radius 2 is 1.97 bits per heavy atom. The molecule has 0 fully saturated rings. The van der Waals surface area contributed by atoms with Gasteiger partial charge in [0.2, 0.25) is 0 Å². The highest BCUT2D eigenvalue weighted by molar-refractivity contribution is 6.76. The van der Waals surface area contributed by atoms with Crippen LogP contribution in [0.1, 0.15) is 6.92 Å². The third-order valence-corrected chi connectivity index (χ3v) is 6.45. The molecule has 9 heteroatoms. The minimum atomic E-state index is -1.16. The van der Waals surface area contributed by atoms with E-state index < -0.39 is 8.07 Å². The lowest BCUT2D eigenvalue weighted by Crippen LogP contribution is -2.22. The fourth-order valence-corrected chi connectivity index (χ4v) is 3.95. The summed E-state index contributed by atoms with van der Waals surface area (Å²) >= 11 is 6.13. The van der Waals surface area contributed by atoms with E-state index in [0.29, 0.717) is 30.8 Å². The predicted octanol–water partition coefficient (Wildman–Crippen LogP) is 4.87. The average Bonchev–Trinajstić information content (AvgIpc) is 3.02. The summed E-state index contributed by atoms with van der Waals surface area (Å²) in [6.07, 6.45) is 1.39. The summed E-state index contributed by atoms with van der Waals surface area (Å²) in [6.45, 7) is 10.5. The van der Waals surface area contributed by atoms with Crippen molar-refractivity contribution < 1.29 is 14.2 Å². The second kappa shape index (κ2) is 9.87. The van der Waals surface area contributed by atoms with Gasteiger partial charge in [-0.15, -0.1) is 0 Å². The van der Waals surface area contributed by atoms with E-state index in [-0.39, 0.29) is 6.10 Å². The highest BCUT2D eigenvalue weighted by atomic mass is 35.5. The molecule has 162 valence electrons. The van der Waals surface area contributed by atoms with Crippen LogP contribution < -0.4 is 4.74 Å². The zero-order valence-corrected chi connectivity index (χ0v) is 19.9. The smallest absolute Gasteiger partial charge is 0.140 e. The molecule has 0 bridgehead atoms. The first-order chi connectivity index (χ1) is 14.3. The Morgan fingerprint density at radius 1 is 1.17 bits per heavy atom. The Morgan fingerprint density at radius 3 is 2.67 bits per heavy atom. The van der Waals surface area contributed by atoms with E-state index in [1.807, 2.05) is 29.8 Å². The molecule has 0 aliphatic carbocycles. The molecular weight excluding hydrogens is 420 g/mol. The van der Waals surface area contributed by atoms with Gasteiger partial charge < -0.3 is 14.2 Å². The normalized spacial score (nSPS) is 13.0. The number of methoxy groups -OCH3 is 1. The quantitative estimate of drug-likeness (QED) is 0.250. The van der Waals surface area contributed by atoms with Crippen molar-refractivity contribution >= 4 is 30.6 Å². The number of aromatic nitrogens is 4. The van der Waals surface area contributed by atoms with Gasteiger partial charge in [0.25, 0.3) is 0 Å². The molecule has 0 unspecified atom stereocenters. The SMILES string of the molecule is COC[C@H](C)Oc1ccc2nn(COCC[Si](C)(C)C)c(-c3cc(Cl)ncn3)c2c1. The number of rotatable bonds is 10. The Balaban J connectivity index is 1.94. The van der Waals surface area contributed by atoms with Crippen LogP contribution in [0.5, 0.6) is 5.75 Å². The summed E-state index contributed by atoms with van der Waals surface area (Å²) in [5.41, 5.74) is 2.35. The van der Waals surface area contributed by atoms with Gasteiger partial charge in [0.15, 0.2) is 0 Å². The highest BCUT2D eigenvalue weighted by Gasteiger charge is 2.18. The maximum Gasteiger partial charge on any atom is 0.140 e. The van der Waals surface area contributed by atoms with Crippen LogP contribution in [0.4, 0.5) is 0 Å². The lowest BCUT2D eigenvalue weighted by atomic mass is 10.1. The van der Waals surface area contributed by atoms with Crippen molar-refractivity contribution in [2.45, 2.75) is 45.4 Å². The minimum Gasteiger partial charge on any atom is -0.488 e. The van der Waals surface area contributed by atoms with Crippen LogP contribution in [0, 0.1) is 0 Å². The van der Waals surface area contributed by atoms with Crippen LogP contribution in [0.15, 0.2) is 30.6 Å². The van der Waals surface area contributed by atoms with Crippen molar-refractivity contribution in [2.75, 3.05) is 20.3 Å². The molecule has 3 aromatic rings. The maximum atomic E-state index is 6.13. The third kappa shape index (κ3) is 6.01. The van der Waals surface area contributed by atoms with E-state index in [1.54, 1.807) is 13.2 Å². The van der Waals surface area contributed by atoms with Crippen molar-refractivity contribution in [1.29, 1.82) is 0 Å². The molecule has 0 radical (unpaired) electrons. The molecule has 7 nitrogen and oxygen atoms in total. The van der Waals surface area contributed by atoms with Crippen LogP contribution in [-0.2, 0) is 16.2 Å². The lowest BCUT2D eigenvalue weighted by molar-refractivity contribution is 0.0802. The molecule has 0 N–H and O–H groups in total. The van der Waals surface area contributed by atoms with E-state index in [2.05, 4.69) is 29.6 Å². The largest absolute Gasteiger partial charge is 0.488 e. The molecule has 2 heterocycles. The molecule has 0 amide bonds. The molecule has 0 aliphatic heterocycles. The third-order valence-electron chi connectivity index (χ3n) is 4.53. The molecule has 30 heavy (non-hydrogen) atoms. The van der Waals surface area contributed by atoms with Crippen LogP contribution in [0.25, 0.3) is 22.3 Å². The Hall–Kier alpha value is -2.00. The molecule has 0 saturated heterocycles. The summed E-state index contributed by atoms with van der Waals surface area (Å²) in [5, 5.41) is 6.02. The van der Waals surface area contributed by atoms with Gasteiger partial charge in [-0.25, -0.2) is 14.6 Å². The number of halogens is 1. The molecule has 1 atom stereocenters. The van der Waals surface area contributed by atoms with Gasteiger partial charge in [0.05, 0.1) is 23.5 Å². The fraction of sp³-hybridized carbons (Fsp3) is 0.476. The zero-order valence-electron chi connectivity index (χ0n) is 18.2. The van der Waals surface area contributed by atoms with Crippen LogP contribution in [0.3, 0.4) is 0 Å². The van der Waals surface area contributed by atoms with Crippen molar-refractivity contribution in [2.24, 2.45) is 0 Å². The zero-order chi connectivity index (χ0) is 21.7. The molecule has 3 rings (SSSR count). The fourth-order valence-electron chi connectivity index (χ4n) is 3.04. The molecule has 1 aromatic carbocycles. The summed E-state index contributed by atoms with van der Waals surface area (Å²) in [5.74, 6) is 0.743. The Bertz CT molecular complexity index is 990. The number of benzene rings is 1. The van der Waals surface area contributed by atoms with Gasteiger partial charge in [-0.05, 0) is 31.2 Å². The first kappa shape index (κ1) is 22.7. The van der Waals surface area contributed by atoms with Crippen molar-refractivity contribution in [1.82, 2.24) is 19.7 Å². The van der Waals surface area contributed by atoms with Crippen molar-refractivity contribution in [3.8, 4) is 17.1 Å². The summed E-state index contributed by atoms with van der Waals surface area (Å²) in [4.78, 5) is 8.41. The van der Waals surface area contributed by atoms with Gasteiger partial charge in [0.1, 0.15) is 30.1 Å². The Labute approximate surface area is 183 Å². The van der Waals surface area contributed by atoms with Crippen LogP contribution >= 0.6 is 11.6 Å². The number of fused-ring (bicyclic) bond motifs is 1. The number of ether oxygens (including phenoxy) is 3. The predicted molar refractivity (Wildman–Crippen MR) is 122 cm³/mol. The second-order valence-corrected chi connectivity index (χ2v) is 14.5. The highest BCUT2D eigenvalue weighted by Crippen LogP contribution is 2.31. The van der Waals surface area contributed by atoms with Gasteiger partial charge >= 0.3 is 0 Å². The lowest BCUT2D eigenvalue weighted by Gasteiger charge is -2.16. The maximum absolute atomic E-state index is 6.13. The first-order valence-electron chi connectivity index (χ1n) is 9.98. The molecule has 0 aliphatic rings. The van der Waals surface area contributed by atoms with Gasteiger partial charge in [-0.2, -0.15) is 5.10 Å². The summed E-state index contributed by atoms with van der Waals surface area (Å²) in [7, 11) is 0.497. The van der Waals surface area contributed by atoms with E-state index in [9.17, 15) is 0 Å². The van der Waals surface area contributed by atoms with Crippen molar-refractivity contribution in [3.05, 3.63) is 35.7 Å². The van der Waals surface area contributed by atoms with Gasteiger partial charge in [0, 0.05) is 33.2 Å². The van der Waals surface area contributed by atoms with Crippen molar-refractivity contribution in [3.63, 3.8) is 0 Å². The summed E-state index contributed by atoms with van der Waals surface area (Å²) < 4.78 is 18.9. The number of hydrogen-bond acceptors (Lipinski definition) is 6. The van der Waals surface area contributed by atoms with Crippen LogP contribution in [-0.4, -0.2) is 54.2 Å². The second-order valence-electron chi connectivity index (χ2n) is 8.48. The van der Waals surface area contributed by atoms with E-state index >= 15 is 0 Å². The number of hydrogen-bond donors (Lipinski definition) is 0. The van der Waals surface area contributed by atoms with E-state index in [0.717, 1.165) is 28.4 Å². The monoisotopic (exact) mass is 448 g/mol. The van der Waals surface area contributed by atoms with Crippen LogP contribution in [0.2, 0.25) is 30.8 Å². The molecular formula is C21H29ClN4O3Si. The average molecular weight is 449 g/mol.